The fourth-order valence-electron chi connectivity index (χ4n) is 2.09. The Labute approximate surface area is 140 Å². The van der Waals surface area contributed by atoms with Gasteiger partial charge in [0.15, 0.2) is 0 Å². The molecule has 0 radical (unpaired) electrons. The first kappa shape index (κ1) is 17.4. The number of furan rings is 1. The first-order valence-corrected chi connectivity index (χ1v) is 7.80. The third-order valence-electron chi connectivity index (χ3n) is 3.35. The molecule has 0 aliphatic carbocycles. The average Bonchev–Trinajstić information content (AvgIpc) is 3.07. The highest BCUT2D eigenvalue weighted by molar-refractivity contribution is 6.31. The highest BCUT2D eigenvalue weighted by atomic mass is 35.5. The van der Waals surface area contributed by atoms with Crippen LogP contribution in [0.5, 0.6) is 5.75 Å². The van der Waals surface area contributed by atoms with Gasteiger partial charge in [-0.1, -0.05) is 11.6 Å². The van der Waals surface area contributed by atoms with Crippen LogP contribution in [0.4, 0.5) is 0 Å². The van der Waals surface area contributed by atoms with Crippen LogP contribution in [-0.2, 0) is 4.79 Å². The lowest BCUT2D eigenvalue weighted by atomic mass is 10.2. The van der Waals surface area contributed by atoms with E-state index in [0.717, 1.165) is 11.3 Å². The first-order valence-electron chi connectivity index (χ1n) is 7.42. The van der Waals surface area contributed by atoms with Crippen molar-refractivity contribution in [1.29, 1.82) is 0 Å². The molecule has 1 amide bonds. The number of benzene rings is 1. The summed E-state index contributed by atoms with van der Waals surface area (Å²) in [7, 11) is 0. The van der Waals surface area contributed by atoms with Gasteiger partial charge >= 0.3 is 0 Å². The largest absolute Gasteiger partial charge is 0.494 e. The van der Waals surface area contributed by atoms with Gasteiger partial charge in [-0.05, 0) is 49.2 Å². The van der Waals surface area contributed by atoms with Gasteiger partial charge in [0.2, 0.25) is 5.91 Å². The molecule has 0 spiro atoms. The number of aryl methyl sites for hydroxylation is 1. The normalized spacial score (nSPS) is 12.0. The zero-order chi connectivity index (χ0) is 16.7. The predicted molar refractivity (Wildman–Crippen MR) is 87.6 cm³/mol. The lowest BCUT2D eigenvalue weighted by molar-refractivity contribution is -0.122. The summed E-state index contributed by atoms with van der Waals surface area (Å²) in [6.07, 6.45) is 2.39. The van der Waals surface area contributed by atoms with Crippen molar-refractivity contribution in [2.24, 2.45) is 0 Å². The second kappa shape index (κ2) is 8.60. The molecule has 0 aliphatic rings. The second-order valence-corrected chi connectivity index (χ2v) is 5.59. The van der Waals surface area contributed by atoms with Crippen LogP contribution in [0.2, 0.25) is 5.02 Å². The van der Waals surface area contributed by atoms with E-state index in [1.165, 1.54) is 6.26 Å². The minimum absolute atomic E-state index is 0.156. The number of hydrogen-bond donors (Lipinski definition) is 2. The number of aliphatic hydroxyl groups is 1. The quantitative estimate of drug-likeness (QED) is 0.725. The number of rotatable bonds is 8. The molecule has 2 N–H and O–H groups in total. The first-order chi connectivity index (χ1) is 11.1. The van der Waals surface area contributed by atoms with Crippen LogP contribution in [0.15, 0.2) is 41.0 Å². The molecular weight excluding hydrogens is 318 g/mol. The van der Waals surface area contributed by atoms with Gasteiger partial charge in [-0.3, -0.25) is 4.79 Å². The Balaban J connectivity index is 1.71. The summed E-state index contributed by atoms with van der Waals surface area (Å²) >= 11 is 5.95. The second-order valence-electron chi connectivity index (χ2n) is 5.18. The summed E-state index contributed by atoms with van der Waals surface area (Å²) in [5.41, 5.74) is 0.950. The molecule has 0 saturated heterocycles. The van der Waals surface area contributed by atoms with Gasteiger partial charge in [0, 0.05) is 11.4 Å². The Morgan fingerprint density at radius 3 is 2.91 bits per heavy atom. The summed E-state index contributed by atoms with van der Waals surface area (Å²) in [6, 6.07) is 8.36. The Bertz CT molecular complexity index is 628. The molecule has 0 aliphatic heterocycles. The minimum Gasteiger partial charge on any atom is -0.494 e. The highest BCUT2D eigenvalue weighted by Crippen LogP contribution is 2.21. The molecule has 5 nitrogen and oxygen atoms in total. The van der Waals surface area contributed by atoms with Crippen LogP contribution >= 0.6 is 11.6 Å². The number of carbonyl (C=O) groups is 1. The number of hydrogen-bond acceptors (Lipinski definition) is 4. The zero-order valence-electron chi connectivity index (χ0n) is 12.9. The average molecular weight is 338 g/mol. The molecule has 2 aromatic rings. The van der Waals surface area contributed by atoms with Crippen molar-refractivity contribution in [3.63, 3.8) is 0 Å². The maximum atomic E-state index is 11.9. The van der Waals surface area contributed by atoms with Crippen LogP contribution in [0.25, 0.3) is 0 Å². The van der Waals surface area contributed by atoms with Gasteiger partial charge in [-0.2, -0.15) is 0 Å². The van der Waals surface area contributed by atoms with Crippen molar-refractivity contribution in [2.75, 3.05) is 13.2 Å². The van der Waals surface area contributed by atoms with Gasteiger partial charge in [0.25, 0.3) is 0 Å². The smallest absolute Gasteiger partial charge is 0.220 e. The molecule has 1 heterocycles. The van der Waals surface area contributed by atoms with Gasteiger partial charge in [-0.25, -0.2) is 0 Å². The van der Waals surface area contributed by atoms with Crippen LogP contribution in [0.3, 0.4) is 0 Å². The molecule has 1 unspecified atom stereocenters. The summed E-state index contributed by atoms with van der Waals surface area (Å²) < 4.78 is 10.8. The molecule has 1 aromatic carbocycles. The summed E-state index contributed by atoms with van der Waals surface area (Å²) in [5, 5.41) is 12.7. The molecule has 0 bridgehead atoms. The third-order valence-corrected chi connectivity index (χ3v) is 3.77. The molecule has 1 aromatic heterocycles. The Kier molecular flexibility index (Phi) is 6.50. The van der Waals surface area contributed by atoms with Crippen molar-refractivity contribution < 1.29 is 19.1 Å². The summed E-state index contributed by atoms with van der Waals surface area (Å²) in [6.45, 7) is 2.13. The van der Waals surface area contributed by atoms with Crippen molar-refractivity contribution in [1.82, 2.24) is 5.32 Å². The topological polar surface area (TPSA) is 71.7 Å². The zero-order valence-corrected chi connectivity index (χ0v) is 13.7. The van der Waals surface area contributed by atoms with Crippen molar-refractivity contribution in [2.45, 2.75) is 25.8 Å². The predicted octanol–water partition coefficient (Wildman–Crippen LogP) is 3.25. The maximum Gasteiger partial charge on any atom is 0.220 e. The monoisotopic (exact) mass is 337 g/mol. The molecule has 6 heteroatoms. The van der Waals surface area contributed by atoms with Crippen LogP contribution in [0.1, 0.15) is 30.2 Å². The van der Waals surface area contributed by atoms with E-state index < -0.39 is 6.04 Å². The number of aliphatic hydroxyl groups excluding tert-OH is 1. The molecular formula is C17H20ClNO4. The molecule has 23 heavy (non-hydrogen) atoms. The SMILES string of the molecule is Cc1cc(OCCCC(=O)NC(CO)c2ccco2)ccc1Cl. The van der Waals surface area contributed by atoms with E-state index in [1.54, 1.807) is 24.3 Å². The molecule has 124 valence electrons. The molecule has 1 atom stereocenters. The summed E-state index contributed by atoms with van der Waals surface area (Å²) in [4.78, 5) is 11.9. The van der Waals surface area contributed by atoms with Crippen LogP contribution < -0.4 is 10.1 Å². The van der Waals surface area contributed by atoms with E-state index >= 15 is 0 Å². The molecule has 0 saturated carbocycles. The van der Waals surface area contributed by atoms with E-state index in [0.29, 0.717) is 30.2 Å². The van der Waals surface area contributed by atoms with Crippen LogP contribution in [0, 0.1) is 6.92 Å². The van der Waals surface area contributed by atoms with Crippen molar-refractivity contribution in [3.8, 4) is 5.75 Å². The lowest BCUT2D eigenvalue weighted by Crippen LogP contribution is -2.30. The third kappa shape index (κ3) is 5.30. The fourth-order valence-corrected chi connectivity index (χ4v) is 2.21. The fraction of sp³-hybridized carbons (Fsp3) is 0.353. The van der Waals surface area contributed by atoms with Gasteiger partial charge in [0.1, 0.15) is 17.6 Å². The summed E-state index contributed by atoms with van der Waals surface area (Å²) in [5.74, 6) is 1.11. The van der Waals surface area contributed by atoms with Gasteiger partial charge in [-0.15, -0.1) is 0 Å². The van der Waals surface area contributed by atoms with E-state index in [9.17, 15) is 9.90 Å². The number of nitrogens with one attached hydrogen (secondary N) is 1. The number of amides is 1. The standard InChI is InChI=1S/C17H20ClNO4/c1-12-10-13(6-7-14(12)18)22-8-3-5-17(21)19-15(11-20)16-4-2-9-23-16/h2,4,6-7,9-10,15,20H,3,5,8,11H2,1H3,(H,19,21). The number of carbonyl (C=O) groups excluding carboxylic acids is 1. The molecule has 0 fully saturated rings. The Morgan fingerprint density at radius 2 is 2.26 bits per heavy atom. The highest BCUT2D eigenvalue weighted by Gasteiger charge is 2.15. The molecule has 2 rings (SSSR count). The van der Waals surface area contributed by atoms with E-state index in [2.05, 4.69) is 5.32 Å². The Hall–Kier alpha value is -1.98. The minimum atomic E-state index is -0.516. The number of halogens is 1. The van der Waals surface area contributed by atoms with Crippen LogP contribution in [-0.4, -0.2) is 24.2 Å². The maximum absolute atomic E-state index is 11.9. The van der Waals surface area contributed by atoms with Gasteiger partial charge < -0.3 is 19.6 Å². The van der Waals surface area contributed by atoms with E-state index in [4.69, 9.17) is 20.8 Å². The van der Waals surface area contributed by atoms with Crippen molar-refractivity contribution >= 4 is 17.5 Å². The van der Waals surface area contributed by atoms with Gasteiger partial charge in [0.05, 0.1) is 19.5 Å². The Morgan fingerprint density at radius 1 is 1.43 bits per heavy atom. The number of ether oxygens (including phenoxy) is 1. The van der Waals surface area contributed by atoms with E-state index in [-0.39, 0.29) is 12.5 Å². The van der Waals surface area contributed by atoms with Crippen molar-refractivity contribution in [3.05, 3.63) is 52.9 Å². The lowest BCUT2D eigenvalue weighted by Gasteiger charge is -2.14. The van der Waals surface area contributed by atoms with E-state index in [1.807, 2.05) is 13.0 Å².